The number of pyridine rings is 1. The summed E-state index contributed by atoms with van der Waals surface area (Å²) in [4.78, 5) is 17.5. The van der Waals surface area contributed by atoms with E-state index < -0.39 is 0 Å². The van der Waals surface area contributed by atoms with Crippen LogP contribution < -0.4 is 5.32 Å². The Balaban J connectivity index is 1.78. The number of furan rings is 1. The third-order valence-corrected chi connectivity index (χ3v) is 4.35. The molecule has 1 aromatic carbocycles. The average Bonchev–Trinajstić information content (AvgIpc) is 3.12. The fourth-order valence-corrected chi connectivity index (χ4v) is 2.87. The number of nitrogens with zero attached hydrogens (tertiary/aromatic N) is 1. The summed E-state index contributed by atoms with van der Waals surface area (Å²) in [5, 5.41) is 4.00. The molecule has 4 heteroatoms. The molecule has 4 nitrogen and oxygen atoms in total. The maximum absolute atomic E-state index is 12.8. The molecule has 0 fully saturated rings. The molecular formula is C21H24N2O2. The van der Waals surface area contributed by atoms with Crippen LogP contribution in [-0.2, 0) is 6.42 Å². The third kappa shape index (κ3) is 4.08. The van der Waals surface area contributed by atoms with Crippen molar-refractivity contribution in [1.82, 2.24) is 10.3 Å². The first kappa shape index (κ1) is 17.2. The second-order valence-corrected chi connectivity index (χ2v) is 6.76. The van der Waals surface area contributed by atoms with Crippen molar-refractivity contribution in [2.24, 2.45) is 0 Å². The van der Waals surface area contributed by atoms with Crippen LogP contribution in [0.2, 0.25) is 0 Å². The van der Waals surface area contributed by atoms with Gasteiger partial charge in [0, 0.05) is 23.5 Å². The second-order valence-electron chi connectivity index (χ2n) is 6.76. The minimum absolute atomic E-state index is 0.0487. The number of aromatic nitrogens is 1. The van der Waals surface area contributed by atoms with E-state index in [1.807, 2.05) is 49.4 Å². The second kappa shape index (κ2) is 7.51. The van der Waals surface area contributed by atoms with E-state index in [2.05, 4.69) is 24.1 Å². The first-order valence-electron chi connectivity index (χ1n) is 8.77. The number of aryl methyl sites for hydroxylation is 1. The normalized spacial score (nSPS) is 12.5. The van der Waals surface area contributed by atoms with Crippen LogP contribution in [-0.4, -0.2) is 16.9 Å². The lowest BCUT2D eigenvalue weighted by Gasteiger charge is -2.16. The van der Waals surface area contributed by atoms with E-state index >= 15 is 0 Å². The van der Waals surface area contributed by atoms with E-state index in [9.17, 15) is 4.79 Å². The van der Waals surface area contributed by atoms with Crippen molar-refractivity contribution in [1.29, 1.82) is 0 Å². The molecule has 1 unspecified atom stereocenters. The molecule has 0 saturated heterocycles. The Labute approximate surface area is 148 Å². The number of nitrogens with one attached hydrogen (secondary N) is 1. The molecule has 0 bridgehead atoms. The number of benzene rings is 1. The van der Waals surface area contributed by atoms with Gasteiger partial charge in [-0.05, 0) is 43.5 Å². The minimum Gasteiger partial charge on any atom is -0.469 e. The number of carbonyl (C=O) groups excluding carboxylic acids is 1. The van der Waals surface area contributed by atoms with Crippen LogP contribution in [0.15, 0.2) is 53.1 Å². The summed E-state index contributed by atoms with van der Waals surface area (Å²) in [7, 11) is 0. The monoisotopic (exact) mass is 336 g/mol. The predicted octanol–water partition coefficient (Wildman–Crippen LogP) is 4.70. The fourth-order valence-electron chi connectivity index (χ4n) is 2.87. The third-order valence-electron chi connectivity index (χ3n) is 4.35. The van der Waals surface area contributed by atoms with E-state index in [0.29, 0.717) is 5.56 Å². The number of hydrogen-bond donors (Lipinski definition) is 1. The van der Waals surface area contributed by atoms with E-state index in [1.54, 1.807) is 6.26 Å². The van der Waals surface area contributed by atoms with Gasteiger partial charge in [0.25, 0.3) is 5.91 Å². The summed E-state index contributed by atoms with van der Waals surface area (Å²) < 4.78 is 5.35. The van der Waals surface area contributed by atoms with Gasteiger partial charge in [0.05, 0.1) is 17.3 Å². The molecule has 130 valence electrons. The quantitative estimate of drug-likeness (QED) is 0.710. The van der Waals surface area contributed by atoms with Crippen LogP contribution in [0.5, 0.6) is 0 Å². The van der Waals surface area contributed by atoms with Crippen LogP contribution in [0.3, 0.4) is 0 Å². The van der Waals surface area contributed by atoms with Crippen molar-refractivity contribution >= 4 is 16.8 Å². The molecule has 0 saturated carbocycles. The fraction of sp³-hybridized carbons (Fsp3) is 0.333. The van der Waals surface area contributed by atoms with Gasteiger partial charge in [-0.3, -0.25) is 9.78 Å². The summed E-state index contributed by atoms with van der Waals surface area (Å²) in [5.74, 6) is 1.16. The van der Waals surface area contributed by atoms with Crippen LogP contribution in [0, 0.1) is 0 Å². The van der Waals surface area contributed by atoms with Crippen LogP contribution in [0.1, 0.15) is 54.9 Å². The molecule has 1 atom stereocenters. The molecule has 0 aliphatic rings. The minimum atomic E-state index is -0.0487. The molecule has 0 aliphatic carbocycles. The lowest BCUT2D eigenvalue weighted by atomic mass is 10.0. The zero-order chi connectivity index (χ0) is 17.8. The van der Waals surface area contributed by atoms with Crippen molar-refractivity contribution in [2.75, 3.05) is 0 Å². The van der Waals surface area contributed by atoms with Gasteiger partial charge in [-0.25, -0.2) is 0 Å². The molecule has 25 heavy (non-hydrogen) atoms. The maximum Gasteiger partial charge on any atom is 0.252 e. The molecule has 3 aromatic rings. The first-order valence-corrected chi connectivity index (χ1v) is 8.77. The number of fused-ring (bicyclic) bond motifs is 1. The summed E-state index contributed by atoms with van der Waals surface area (Å²) in [6, 6.07) is 13.6. The Bertz CT molecular complexity index is 853. The lowest BCUT2D eigenvalue weighted by molar-refractivity contribution is 0.0939. The highest BCUT2D eigenvalue weighted by Crippen LogP contribution is 2.22. The van der Waals surface area contributed by atoms with Gasteiger partial charge >= 0.3 is 0 Å². The van der Waals surface area contributed by atoms with E-state index in [4.69, 9.17) is 4.42 Å². The molecule has 1 N–H and O–H groups in total. The van der Waals surface area contributed by atoms with Crippen LogP contribution in [0.25, 0.3) is 10.9 Å². The number of para-hydroxylation sites is 1. The van der Waals surface area contributed by atoms with Crippen molar-refractivity contribution in [3.8, 4) is 0 Å². The number of rotatable bonds is 6. The molecule has 0 spiro atoms. The smallest absolute Gasteiger partial charge is 0.252 e. The Hall–Kier alpha value is -2.62. The molecule has 1 amide bonds. The van der Waals surface area contributed by atoms with Gasteiger partial charge < -0.3 is 9.73 Å². The highest BCUT2D eigenvalue weighted by Gasteiger charge is 2.16. The molecule has 2 aromatic heterocycles. The average molecular weight is 336 g/mol. The largest absolute Gasteiger partial charge is 0.469 e. The molecular weight excluding hydrogens is 312 g/mol. The highest BCUT2D eigenvalue weighted by atomic mass is 16.3. The number of amides is 1. The topological polar surface area (TPSA) is 55.1 Å². The Kier molecular flexibility index (Phi) is 5.17. The highest BCUT2D eigenvalue weighted by molar-refractivity contribution is 6.06. The standard InChI is InChI=1S/C21H24N2O2/c1-14(2)20-13-18(17-8-4-5-9-19(17)23-20)21(24)22-15(3)10-11-16-7-6-12-25-16/h4-9,12-15H,10-11H2,1-3H3,(H,22,24). The maximum atomic E-state index is 12.8. The zero-order valence-electron chi connectivity index (χ0n) is 15.0. The molecule has 3 rings (SSSR count). The summed E-state index contributed by atoms with van der Waals surface area (Å²) in [6.45, 7) is 6.20. The Morgan fingerprint density at radius 2 is 1.96 bits per heavy atom. The van der Waals surface area contributed by atoms with Crippen molar-refractivity contribution < 1.29 is 9.21 Å². The first-order chi connectivity index (χ1) is 12.0. The Morgan fingerprint density at radius 3 is 2.68 bits per heavy atom. The van der Waals surface area contributed by atoms with Gasteiger partial charge in [0.2, 0.25) is 0 Å². The van der Waals surface area contributed by atoms with Crippen molar-refractivity contribution in [3.63, 3.8) is 0 Å². The van der Waals surface area contributed by atoms with Gasteiger partial charge in [-0.2, -0.15) is 0 Å². The van der Waals surface area contributed by atoms with Gasteiger partial charge in [-0.15, -0.1) is 0 Å². The predicted molar refractivity (Wildman–Crippen MR) is 99.8 cm³/mol. The number of hydrogen-bond acceptors (Lipinski definition) is 3. The summed E-state index contributed by atoms with van der Waals surface area (Å²) in [5.41, 5.74) is 2.49. The van der Waals surface area contributed by atoms with Crippen LogP contribution >= 0.6 is 0 Å². The van der Waals surface area contributed by atoms with Gasteiger partial charge in [0.15, 0.2) is 0 Å². The SMILES string of the molecule is CC(CCc1ccco1)NC(=O)c1cc(C(C)C)nc2ccccc12. The van der Waals surface area contributed by atoms with E-state index in [-0.39, 0.29) is 17.9 Å². The van der Waals surface area contributed by atoms with Crippen molar-refractivity contribution in [2.45, 2.75) is 45.6 Å². The summed E-state index contributed by atoms with van der Waals surface area (Å²) >= 11 is 0. The molecule has 2 heterocycles. The molecule has 0 radical (unpaired) electrons. The Morgan fingerprint density at radius 1 is 1.16 bits per heavy atom. The summed E-state index contributed by atoms with van der Waals surface area (Å²) in [6.07, 6.45) is 3.32. The van der Waals surface area contributed by atoms with Gasteiger partial charge in [-0.1, -0.05) is 32.0 Å². The number of carbonyl (C=O) groups is 1. The molecule has 0 aliphatic heterocycles. The van der Waals surface area contributed by atoms with Crippen molar-refractivity contribution in [3.05, 3.63) is 65.7 Å². The van der Waals surface area contributed by atoms with E-state index in [1.165, 1.54) is 0 Å². The van der Waals surface area contributed by atoms with Gasteiger partial charge in [0.1, 0.15) is 5.76 Å². The van der Waals surface area contributed by atoms with E-state index in [0.717, 1.165) is 35.2 Å². The van der Waals surface area contributed by atoms with Crippen LogP contribution in [0.4, 0.5) is 0 Å². The lowest BCUT2D eigenvalue weighted by Crippen LogP contribution is -2.33. The zero-order valence-corrected chi connectivity index (χ0v) is 15.0.